The lowest BCUT2D eigenvalue weighted by Gasteiger charge is -2.58. The molecule has 15 nitrogen and oxygen atoms in total. The molecular formula is C44H50ClN7O8. The number of nitrogens with one attached hydrogen (secondary N) is 2. The van der Waals surface area contributed by atoms with Gasteiger partial charge in [-0.05, 0) is 98.1 Å². The number of halogens is 1. The predicted molar refractivity (Wildman–Crippen MR) is 221 cm³/mol. The lowest BCUT2D eigenvalue weighted by molar-refractivity contribution is -0.144. The number of likely N-dealkylation sites (tertiary alicyclic amines) is 2. The Hall–Kier alpha value is -5.51. The number of hydrogen-bond donors (Lipinski definition) is 6. The molecule has 3 aromatic carbocycles. The molecule has 8 N–H and O–H groups in total. The summed E-state index contributed by atoms with van der Waals surface area (Å²) in [4.78, 5) is 86.4. The van der Waals surface area contributed by atoms with E-state index in [4.69, 9.17) is 23.1 Å². The molecule has 3 saturated heterocycles. The molecule has 0 spiro atoms. The fraction of sp³-hybridized carbons (Fsp3) is 0.455. The fourth-order valence-electron chi connectivity index (χ4n) is 12.6. The van der Waals surface area contributed by atoms with E-state index >= 15 is 0 Å². The number of carbonyl (C=O) groups is 6. The van der Waals surface area contributed by atoms with Gasteiger partial charge in [0.25, 0.3) is 11.8 Å². The number of nitrogens with zero attached hydrogens (tertiary/aromatic N) is 3. The lowest BCUT2D eigenvalue weighted by Crippen LogP contribution is -2.72. The molecule has 4 bridgehead atoms. The van der Waals surface area contributed by atoms with Gasteiger partial charge in [-0.1, -0.05) is 74.0 Å². The van der Waals surface area contributed by atoms with Crippen LogP contribution in [0.2, 0.25) is 5.02 Å². The van der Waals surface area contributed by atoms with Gasteiger partial charge in [-0.15, -0.1) is 0 Å². The summed E-state index contributed by atoms with van der Waals surface area (Å²) in [6, 6.07) is 21.0. The Kier molecular flexibility index (Phi) is 10.2. The Morgan fingerprint density at radius 1 is 0.600 bits per heavy atom. The van der Waals surface area contributed by atoms with Crippen molar-refractivity contribution in [3.8, 4) is 0 Å². The molecule has 316 valence electrons. The quantitative estimate of drug-likeness (QED) is 0.160. The van der Waals surface area contributed by atoms with Crippen LogP contribution in [0.4, 0.5) is 15.3 Å². The SMILES string of the molecule is CC1(CC(N)=O)c2ccc(cc2)[C@]1(C(=O)NC(=O)O)N1CCCC1C1CCC(C2CCCN2[C@@]2(C(=O)NC(=O)O)c3ccc(cc3)C2(C)CC(N)=O)N1c1ccc(Cl)cc1. The number of carboxylic acid groups (broad SMARTS) is 2. The van der Waals surface area contributed by atoms with E-state index < -0.39 is 57.7 Å². The maximum absolute atomic E-state index is 14.8. The zero-order chi connectivity index (χ0) is 42.9. The highest BCUT2D eigenvalue weighted by atomic mass is 35.5. The minimum Gasteiger partial charge on any atom is -0.465 e. The highest BCUT2D eigenvalue weighted by Gasteiger charge is 2.67. The summed E-state index contributed by atoms with van der Waals surface area (Å²) in [5.41, 5.74) is 9.49. The molecule has 4 aliphatic carbocycles. The number of carbonyl (C=O) groups excluding carboxylic acids is 4. The van der Waals surface area contributed by atoms with Crippen LogP contribution in [0, 0.1) is 0 Å². The minimum atomic E-state index is -1.62. The molecule has 3 aromatic rings. The van der Waals surface area contributed by atoms with Gasteiger partial charge in [-0.3, -0.25) is 39.6 Å². The summed E-state index contributed by atoms with van der Waals surface area (Å²) in [5, 5.41) is 24.9. The molecule has 16 heteroatoms. The molecule has 3 fully saturated rings. The lowest BCUT2D eigenvalue weighted by atomic mass is 9.56. The van der Waals surface area contributed by atoms with Crippen molar-refractivity contribution in [3.05, 3.63) is 100 Å². The zero-order valence-electron chi connectivity index (χ0n) is 33.5. The van der Waals surface area contributed by atoms with Gasteiger partial charge >= 0.3 is 12.2 Å². The van der Waals surface area contributed by atoms with Gasteiger partial charge in [0.1, 0.15) is 11.1 Å². The monoisotopic (exact) mass is 839 g/mol. The third kappa shape index (κ3) is 5.91. The number of anilines is 1. The maximum atomic E-state index is 14.8. The van der Waals surface area contributed by atoms with E-state index in [9.17, 15) is 39.0 Å². The van der Waals surface area contributed by atoms with Crippen molar-refractivity contribution in [1.82, 2.24) is 20.4 Å². The molecule has 6 amide bonds. The summed E-state index contributed by atoms with van der Waals surface area (Å²) >= 11 is 6.47. The smallest absolute Gasteiger partial charge is 0.411 e. The normalized spacial score (nSPS) is 31.9. The third-order valence-corrected chi connectivity index (χ3v) is 14.8. The van der Waals surface area contributed by atoms with Gasteiger partial charge < -0.3 is 26.6 Å². The van der Waals surface area contributed by atoms with E-state index in [1.807, 2.05) is 86.6 Å². The number of rotatable bonds is 11. The van der Waals surface area contributed by atoms with Gasteiger partial charge in [-0.25, -0.2) is 9.59 Å². The van der Waals surface area contributed by atoms with Gasteiger partial charge in [0.15, 0.2) is 0 Å². The van der Waals surface area contributed by atoms with Crippen molar-refractivity contribution in [3.63, 3.8) is 0 Å². The molecule has 7 aliphatic rings. The molecule has 3 heterocycles. The van der Waals surface area contributed by atoms with Crippen molar-refractivity contribution in [2.75, 3.05) is 18.0 Å². The predicted octanol–water partition coefficient (Wildman–Crippen LogP) is 4.28. The summed E-state index contributed by atoms with van der Waals surface area (Å²) in [7, 11) is 0. The second kappa shape index (κ2) is 14.9. The van der Waals surface area contributed by atoms with E-state index in [-0.39, 0.29) is 37.0 Å². The Morgan fingerprint density at radius 2 is 0.967 bits per heavy atom. The second-order valence-corrected chi connectivity index (χ2v) is 17.9. The first-order chi connectivity index (χ1) is 28.5. The Bertz CT molecular complexity index is 2120. The van der Waals surface area contributed by atoms with Crippen molar-refractivity contribution in [1.29, 1.82) is 0 Å². The average molecular weight is 840 g/mol. The van der Waals surface area contributed by atoms with Crippen LogP contribution in [-0.2, 0) is 41.1 Å². The van der Waals surface area contributed by atoms with Crippen LogP contribution in [0.25, 0.3) is 0 Å². The number of amides is 6. The molecule has 0 radical (unpaired) electrons. The number of nitrogens with two attached hydrogens (primary N) is 2. The first-order valence-electron chi connectivity index (χ1n) is 20.5. The Balaban J connectivity index is 1.27. The van der Waals surface area contributed by atoms with Crippen LogP contribution in [0.3, 0.4) is 0 Å². The molecule has 0 saturated carbocycles. The van der Waals surface area contributed by atoms with Crippen molar-refractivity contribution in [2.24, 2.45) is 11.5 Å². The van der Waals surface area contributed by atoms with E-state index in [1.165, 1.54) is 0 Å². The van der Waals surface area contributed by atoms with E-state index in [1.54, 1.807) is 0 Å². The summed E-state index contributed by atoms with van der Waals surface area (Å²) in [6.45, 7) is 4.47. The third-order valence-electron chi connectivity index (χ3n) is 14.6. The maximum Gasteiger partial charge on any atom is 0.411 e. The van der Waals surface area contributed by atoms with Crippen LogP contribution in [0.5, 0.6) is 0 Å². The Labute approximate surface area is 352 Å². The Morgan fingerprint density at radius 3 is 1.32 bits per heavy atom. The van der Waals surface area contributed by atoms with Gasteiger partial charge in [0, 0.05) is 58.5 Å². The van der Waals surface area contributed by atoms with E-state index in [0.29, 0.717) is 78.9 Å². The highest BCUT2D eigenvalue weighted by Crippen LogP contribution is 2.58. The molecule has 6 unspecified atom stereocenters. The number of benzene rings is 3. The van der Waals surface area contributed by atoms with Crippen LogP contribution in [0.1, 0.15) is 87.5 Å². The molecule has 8 atom stereocenters. The van der Waals surface area contributed by atoms with Crippen molar-refractivity contribution in [2.45, 2.75) is 111 Å². The number of fused-ring (bicyclic) bond motifs is 6. The van der Waals surface area contributed by atoms with Crippen LogP contribution in [-0.4, -0.2) is 93.1 Å². The van der Waals surface area contributed by atoms with Gasteiger partial charge in [-0.2, -0.15) is 0 Å². The van der Waals surface area contributed by atoms with Gasteiger partial charge in [0.05, 0.1) is 0 Å². The largest absolute Gasteiger partial charge is 0.465 e. The first-order valence-corrected chi connectivity index (χ1v) is 20.8. The molecular weight excluding hydrogens is 790 g/mol. The highest BCUT2D eigenvalue weighted by molar-refractivity contribution is 6.30. The number of imide groups is 2. The first kappa shape index (κ1) is 41.2. The number of primary amides is 2. The standard InChI is InChI=1S/C44H50ClN7O8/c1-41(23-35(46)53)25-7-11-27(12-8-25)43(41,37(55)48-39(57)58)50-21-3-5-31(50)33-19-20-34(52(33)30-17-15-29(45)16-18-30)32-6-4-22-51(32)44(38(56)49-40(59)60)28-13-9-26(10-14-28)42(44,2)24-36(47)54/h7-18,31-34H,3-6,19-24H2,1-2H3,(H2,46,53)(H2,47,54)(H,48,55)(H,49,56)(H,57,58)(H,59,60)/t31?,32?,33?,34?,41?,42?,43-,44-/m1/s1. The van der Waals surface area contributed by atoms with Gasteiger partial charge in [0.2, 0.25) is 11.8 Å². The molecule has 3 aliphatic heterocycles. The van der Waals surface area contributed by atoms with Crippen LogP contribution >= 0.6 is 11.6 Å². The summed E-state index contributed by atoms with van der Waals surface area (Å²) in [5.74, 6) is -2.78. The van der Waals surface area contributed by atoms with Crippen LogP contribution in [0.15, 0.2) is 72.8 Å². The zero-order valence-corrected chi connectivity index (χ0v) is 34.3. The molecule has 60 heavy (non-hydrogen) atoms. The van der Waals surface area contributed by atoms with E-state index in [2.05, 4.69) is 25.3 Å². The molecule has 0 aromatic heterocycles. The topological polar surface area (TPSA) is 229 Å². The van der Waals surface area contributed by atoms with E-state index in [0.717, 1.165) is 5.69 Å². The minimum absolute atomic E-state index is 0.215. The summed E-state index contributed by atoms with van der Waals surface area (Å²) in [6.07, 6.45) is 0.481. The second-order valence-electron chi connectivity index (χ2n) is 17.4. The molecule has 10 rings (SSSR count). The fourth-order valence-corrected chi connectivity index (χ4v) is 12.7. The van der Waals surface area contributed by atoms with Crippen molar-refractivity contribution >= 4 is 53.1 Å². The van der Waals surface area contributed by atoms with Crippen LogP contribution < -0.4 is 27.0 Å². The average Bonchev–Trinajstić information content (AvgIpc) is 3.95. The number of hydrogen-bond acceptors (Lipinski definition) is 9. The summed E-state index contributed by atoms with van der Waals surface area (Å²) < 4.78 is 0. The van der Waals surface area contributed by atoms with Crippen molar-refractivity contribution < 1.29 is 39.0 Å².